The van der Waals surface area contributed by atoms with Crippen LogP contribution in [-0.2, 0) is 27.2 Å². The van der Waals surface area contributed by atoms with E-state index in [1.165, 1.54) is 18.5 Å². The molecule has 46 heavy (non-hydrogen) atoms. The highest BCUT2D eigenvalue weighted by atomic mass is 35.5. The number of aromatic nitrogens is 3. The summed E-state index contributed by atoms with van der Waals surface area (Å²) in [4.78, 5) is 13.3. The van der Waals surface area contributed by atoms with Gasteiger partial charge in [-0.25, -0.2) is 14.4 Å². The SMILES string of the molecule is O=S(=O)=C(CNCCC1(c2ccc3ncnc(Nc4ccc(OCc5cccc(F)c5)c(Cl)c4)c3c2)CC=CO1)c1ccccn1. The molecule has 0 amide bonds. The van der Waals surface area contributed by atoms with E-state index in [4.69, 9.17) is 21.1 Å². The second-order valence-corrected chi connectivity index (χ2v) is 12.0. The third kappa shape index (κ3) is 7.17. The van der Waals surface area contributed by atoms with Crippen LogP contribution in [0, 0.1) is 5.82 Å². The van der Waals surface area contributed by atoms with Gasteiger partial charge in [-0.05, 0) is 78.3 Å². The average Bonchev–Trinajstić information content (AvgIpc) is 3.55. The molecule has 12 heteroatoms. The zero-order valence-corrected chi connectivity index (χ0v) is 26.1. The monoisotopic (exact) mass is 657 g/mol. The fraction of sp³-hybridized carbons (Fsp3) is 0.176. The Bertz CT molecular complexity index is 2030. The molecule has 0 fully saturated rings. The van der Waals surface area contributed by atoms with E-state index in [9.17, 15) is 12.8 Å². The Kier molecular flexibility index (Phi) is 9.53. The molecular formula is C34H29ClFN5O4S. The van der Waals surface area contributed by atoms with Crippen molar-refractivity contribution in [2.75, 3.05) is 18.4 Å². The van der Waals surface area contributed by atoms with E-state index in [1.54, 1.807) is 54.9 Å². The lowest BCUT2D eigenvalue weighted by Crippen LogP contribution is -2.33. The topological polar surface area (TPSA) is 115 Å². The van der Waals surface area contributed by atoms with E-state index < -0.39 is 15.9 Å². The van der Waals surface area contributed by atoms with Crippen molar-refractivity contribution in [3.63, 3.8) is 0 Å². The maximum Gasteiger partial charge on any atom is 0.220 e. The first kappa shape index (κ1) is 31.2. The molecule has 2 aromatic heterocycles. The van der Waals surface area contributed by atoms with Gasteiger partial charge < -0.3 is 20.1 Å². The van der Waals surface area contributed by atoms with E-state index >= 15 is 0 Å². The normalized spacial score (nSPS) is 15.4. The van der Waals surface area contributed by atoms with Crippen molar-refractivity contribution < 1.29 is 22.3 Å². The zero-order chi connectivity index (χ0) is 31.9. The lowest BCUT2D eigenvalue weighted by atomic mass is 9.87. The number of nitrogens with zero attached hydrogens (tertiary/aromatic N) is 3. The molecule has 0 aliphatic carbocycles. The minimum Gasteiger partial charge on any atom is -0.490 e. The van der Waals surface area contributed by atoms with Gasteiger partial charge in [-0.1, -0.05) is 35.9 Å². The van der Waals surface area contributed by atoms with Crippen molar-refractivity contribution in [3.8, 4) is 5.75 Å². The molecule has 1 aliphatic rings. The van der Waals surface area contributed by atoms with Gasteiger partial charge in [-0.2, -0.15) is 8.42 Å². The molecule has 5 aromatic rings. The van der Waals surface area contributed by atoms with Gasteiger partial charge in [0.15, 0.2) is 0 Å². The van der Waals surface area contributed by atoms with E-state index in [-0.39, 0.29) is 23.8 Å². The molecular weight excluding hydrogens is 629 g/mol. The number of anilines is 2. The zero-order valence-electron chi connectivity index (χ0n) is 24.5. The molecule has 6 rings (SSSR count). The van der Waals surface area contributed by atoms with Crippen molar-refractivity contribution in [2.24, 2.45) is 0 Å². The third-order valence-electron chi connectivity index (χ3n) is 7.62. The van der Waals surface area contributed by atoms with Gasteiger partial charge in [0.05, 0.1) is 22.5 Å². The summed E-state index contributed by atoms with van der Waals surface area (Å²) in [6.45, 7) is 0.822. The fourth-order valence-corrected chi connectivity index (χ4v) is 6.02. The molecule has 1 aliphatic heterocycles. The summed E-state index contributed by atoms with van der Waals surface area (Å²) in [7, 11) is -2.41. The second kappa shape index (κ2) is 14.1. The Balaban J connectivity index is 1.17. The molecule has 3 aromatic carbocycles. The number of nitrogens with one attached hydrogen (secondary N) is 2. The Morgan fingerprint density at radius 1 is 1.02 bits per heavy atom. The van der Waals surface area contributed by atoms with E-state index in [0.29, 0.717) is 52.9 Å². The second-order valence-electron chi connectivity index (χ2n) is 10.6. The van der Waals surface area contributed by atoms with Gasteiger partial charge in [-0.3, -0.25) is 4.98 Å². The highest BCUT2D eigenvalue weighted by Crippen LogP contribution is 2.40. The Morgan fingerprint density at radius 2 is 1.93 bits per heavy atom. The fourth-order valence-electron chi connectivity index (χ4n) is 5.27. The summed E-state index contributed by atoms with van der Waals surface area (Å²) in [6, 6.07) is 22.6. The molecule has 234 valence electrons. The molecule has 0 spiro atoms. The summed E-state index contributed by atoms with van der Waals surface area (Å²) in [6.07, 6.45) is 7.96. The lowest BCUT2D eigenvalue weighted by Gasteiger charge is -2.30. The number of halogens is 2. The van der Waals surface area contributed by atoms with Crippen LogP contribution in [-0.4, -0.2) is 41.3 Å². The predicted molar refractivity (Wildman–Crippen MR) is 176 cm³/mol. The van der Waals surface area contributed by atoms with Crippen LogP contribution in [0.4, 0.5) is 15.9 Å². The van der Waals surface area contributed by atoms with Crippen molar-refractivity contribution in [2.45, 2.75) is 25.0 Å². The minimum atomic E-state index is -2.41. The minimum absolute atomic E-state index is 0.146. The van der Waals surface area contributed by atoms with Crippen LogP contribution >= 0.6 is 11.6 Å². The number of benzene rings is 3. The van der Waals surface area contributed by atoms with E-state index in [1.807, 2.05) is 30.3 Å². The largest absolute Gasteiger partial charge is 0.490 e. The summed E-state index contributed by atoms with van der Waals surface area (Å²) < 4.78 is 49.2. The lowest BCUT2D eigenvalue weighted by molar-refractivity contribution is 0.0331. The first-order chi connectivity index (χ1) is 22.4. The van der Waals surface area contributed by atoms with Gasteiger partial charge in [-0.15, -0.1) is 0 Å². The molecule has 3 heterocycles. The van der Waals surface area contributed by atoms with Gasteiger partial charge >= 0.3 is 0 Å². The summed E-state index contributed by atoms with van der Waals surface area (Å²) in [5.74, 6) is 0.732. The predicted octanol–water partition coefficient (Wildman–Crippen LogP) is 6.35. The van der Waals surface area contributed by atoms with Crippen molar-refractivity contribution in [3.05, 3.63) is 131 Å². The molecule has 1 atom stereocenters. The molecule has 9 nitrogen and oxygen atoms in total. The number of rotatable bonds is 12. The summed E-state index contributed by atoms with van der Waals surface area (Å²) in [5.41, 5.74) is 2.84. The third-order valence-corrected chi connectivity index (χ3v) is 8.67. The van der Waals surface area contributed by atoms with Crippen molar-refractivity contribution in [1.82, 2.24) is 20.3 Å². The Hall–Kier alpha value is -4.84. The van der Waals surface area contributed by atoms with Crippen molar-refractivity contribution in [1.29, 1.82) is 0 Å². The summed E-state index contributed by atoms with van der Waals surface area (Å²) in [5, 5.41) is 7.77. The standard InChI is InChI=1S/C34H29ClFN5O4S/c35-28-19-26(9-11-31(28)44-21-23-5-3-6-25(36)17-23)41-33-27-18-24(8-10-29(27)39-22-40-33)34(12-4-16-45-34)13-15-37-20-32(46(42)43)30-7-1-2-14-38-30/h1-11,14,16-19,22,37H,12-13,15,20-21H2,(H,39,40,41). The molecule has 0 saturated heterocycles. The van der Waals surface area contributed by atoms with E-state index in [2.05, 4.69) is 25.6 Å². The number of hydrogen-bond acceptors (Lipinski definition) is 9. The van der Waals surface area contributed by atoms with Gasteiger partial charge in [0.25, 0.3) is 0 Å². The van der Waals surface area contributed by atoms with Crippen LogP contribution in [0.2, 0.25) is 5.02 Å². The Morgan fingerprint density at radius 3 is 2.70 bits per heavy atom. The number of pyridine rings is 1. The highest BCUT2D eigenvalue weighted by molar-refractivity contribution is 7.73. The Labute approximate surface area is 271 Å². The molecule has 0 saturated carbocycles. The first-order valence-electron chi connectivity index (χ1n) is 14.5. The maximum atomic E-state index is 13.5. The smallest absolute Gasteiger partial charge is 0.220 e. The van der Waals surface area contributed by atoms with Crippen molar-refractivity contribution >= 4 is 49.2 Å². The molecule has 0 bridgehead atoms. The number of fused-ring (bicyclic) bond motifs is 1. The van der Waals surface area contributed by atoms with Crippen LogP contribution in [0.3, 0.4) is 0 Å². The molecule has 1 unspecified atom stereocenters. The van der Waals surface area contributed by atoms with Gasteiger partial charge in [0.2, 0.25) is 10.3 Å². The van der Waals surface area contributed by atoms with Crippen LogP contribution in [0.15, 0.2) is 104 Å². The van der Waals surface area contributed by atoms with Crippen LogP contribution in [0.5, 0.6) is 5.75 Å². The molecule has 0 radical (unpaired) electrons. The average molecular weight is 658 g/mol. The maximum absolute atomic E-state index is 13.5. The first-order valence-corrected chi connectivity index (χ1v) is 15.9. The number of hydrogen-bond donors (Lipinski definition) is 2. The van der Waals surface area contributed by atoms with Crippen LogP contribution < -0.4 is 15.4 Å². The van der Waals surface area contributed by atoms with Gasteiger partial charge in [0, 0.05) is 36.7 Å². The van der Waals surface area contributed by atoms with Crippen LogP contribution in [0.25, 0.3) is 10.9 Å². The number of ether oxygens (including phenoxy) is 2. The quantitative estimate of drug-likeness (QED) is 0.0900. The summed E-state index contributed by atoms with van der Waals surface area (Å²) >= 11 is 6.53. The highest BCUT2D eigenvalue weighted by Gasteiger charge is 2.35. The van der Waals surface area contributed by atoms with E-state index in [0.717, 1.165) is 16.5 Å². The van der Waals surface area contributed by atoms with Gasteiger partial charge in [0.1, 0.15) is 40.8 Å². The molecule has 2 N–H and O–H groups in total. The van der Waals surface area contributed by atoms with Crippen LogP contribution in [0.1, 0.15) is 29.7 Å².